The van der Waals surface area contributed by atoms with E-state index < -0.39 is 6.10 Å². The standard InChI is InChI=1S/C16H15ClO4/c1-19-11-4-2-3-10(7-11)16(18)12-8-14-15(9-13(12)17)21-6-5-20-14/h2-4,7-9,16,18H,5-6H2,1H3. The minimum Gasteiger partial charge on any atom is -0.497 e. The van der Waals surface area contributed by atoms with Crippen molar-refractivity contribution in [3.63, 3.8) is 0 Å². The summed E-state index contributed by atoms with van der Waals surface area (Å²) in [6, 6.07) is 10.6. The maximum Gasteiger partial charge on any atom is 0.162 e. The maximum absolute atomic E-state index is 10.6. The molecule has 0 amide bonds. The second-order valence-electron chi connectivity index (χ2n) is 4.70. The number of hydrogen-bond donors (Lipinski definition) is 1. The Kier molecular flexibility index (Phi) is 3.90. The molecule has 0 spiro atoms. The molecule has 1 atom stereocenters. The number of halogens is 1. The molecule has 1 aliphatic heterocycles. The molecule has 1 unspecified atom stereocenters. The summed E-state index contributed by atoms with van der Waals surface area (Å²) in [4.78, 5) is 0. The molecule has 1 heterocycles. The smallest absolute Gasteiger partial charge is 0.162 e. The van der Waals surface area contributed by atoms with E-state index in [0.29, 0.717) is 46.6 Å². The van der Waals surface area contributed by atoms with Gasteiger partial charge < -0.3 is 19.3 Å². The van der Waals surface area contributed by atoms with Crippen molar-refractivity contribution >= 4 is 11.6 Å². The Hall–Kier alpha value is -1.91. The van der Waals surface area contributed by atoms with E-state index in [0.717, 1.165) is 0 Å². The molecule has 0 radical (unpaired) electrons. The summed E-state index contributed by atoms with van der Waals surface area (Å²) in [6.45, 7) is 0.991. The van der Waals surface area contributed by atoms with Crippen LogP contribution in [0, 0.1) is 0 Å². The van der Waals surface area contributed by atoms with Crippen LogP contribution in [0.1, 0.15) is 17.2 Å². The van der Waals surface area contributed by atoms with E-state index in [1.165, 1.54) is 0 Å². The van der Waals surface area contributed by atoms with E-state index in [1.807, 2.05) is 18.2 Å². The molecule has 2 aromatic carbocycles. The quantitative estimate of drug-likeness (QED) is 0.946. The molecule has 3 rings (SSSR count). The first kappa shape index (κ1) is 14.0. The van der Waals surface area contributed by atoms with Crippen LogP contribution in [0.25, 0.3) is 0 Å². The van der Waals surface area contributed by atoms with Crippen molar-refractivity contribution in [3.05, 3.63) is 52.5 Å². The molecule has 0 saturated carbocycles. The Morgan fingerprint density at radius 3 is 2.57 bits per heavy atom. The molecule has 5 heteroatoms. The first-order valence-corrected chi connectivity index (χ1v) is 6.98. The van der Waals surface area contributed by atoms with Gasteiger partial charge in [0.2, 0.25) is 0 Å². The number of aliphatic hydroxyl groups excluding tert-OH is 1. The Bertz CT molecular complexity index is 657. The monoisotopic (exact) mass is 306 g/mol. The van der Waals surface area contributed by atoms with Gasteiger partial charge in [0.1, 0.15) is 25.1 Å². The molecule has 110 valence electrons. The summed E-state index contributed by atoms with van der Waals surface area (Å²) in [5.41, 5.74) is 1.28. The third-order valence-electron chi connectivity index (χ3n) is 3.37. The molecular weight excluding hydrogens is 292 g/mol. The van der Waals surface area contributed by atoms with Gasteiger partial charge in [-0.1, -0.05) is 23.7 Å². The van der Waals surface area contributed by atoms with Gasteiger partial charge in [-0.2, -0.15) is 0 Å². The van der Waals surface area contributed by atoms with Gasteiger partial charge >= 0.3 is 0 Å². The number of rotatable bonds is 3. The number of hydrogen-bond acceptors (Lipinski definition) is 4. The van der Waals surface area contributed by atoms with E-state index >= 15 is 0 Å². The fourth-order valence-corrected chi connectivity index (χ4v) is 2.54. The van der Waals surface area contributed by atoms with Crippen LogP contribution in [-0.4, -0.2) is 25.4 Å². The van der Waals surface area contributed by atoms with Crippen molar-refractivity contribution in [1.29, 1.82) is 0 Å². The topological polar surface area (TPSA) is 47.9 Å². The highest BCUT2D eigenvalue weighted by atomic mass is 35.5. The zero-order valence-corrected chi connectivity index (χ0v) is 12.3. The van der Waals surface area contributed by atoms with Crippen molar-refractivity contribution in [3.8, 4) is 17.2 Å². The molecule has 1 N–H and O–H groups in total. The van der Waals surface area contributed by atoms with Crippen molar-refractivity contribution in [2.75, 3.05) is 20.3 Å². The summed E-state index contributed by atoms with van der Waals surface area (Å²) >= 11 is 6.25. The fraction of sp³-hybridized carbons (Fsp3) is 0.250. The summed E-state index contributed by atoms with van der Waals surface area (Å²) < 4.78 is 16.2. The number of benzene rings is 2. The Balaban J connectivity index is 1.98. The molecule has 0 fully saturated rings. The average Bonchev–Trinajstić information content (AvgIpc) is 2.53. The Morgan fingerprint density at radius 2 is 1.86 bits per heavy atom. The van der Waals surface area contributed by atoms with Crippen molar-refractivity contribution < 1.29 is 19.3 Å². The lowest BCUT2D eigenvalue weighted by Gasteiger charge is -2.21. The van der Waals surface area contributed by atoms with Gasteiger partial charge in [0.15, 0.2) is 11.5 Å². The van der Waals surface area contributed by atoms with Crippen LogP contribution in [0.3, 0.4) is 0 Å². The largest absolute Gasteiger partial charge is 0.497 e. The van der Waals surface area contributed by atoms with Crippen LogP contribution < -0.4 is 14.2 Å². The SMILES string of the molecule is COc1cccc(C(O)c2cc3c(cc2Cl)OCCO3)c1. The van der Waals surface area contributed by atoms with Gasteiger partial charge in [0.25, 0.3) is 0 Å². The molecule has 1 aliphatic rings. The van der Waals surface area contributed by atoms with E-state index in [1.54, 1.807) is 25.3 Å². The Morgan fingerprint density at radius 1 is 1.14 bits per heavy atom. The first-order valence-electron chi connectivity index (χ1n) is 6.60. The number of methoxy groups -OCH3 is 1. The molecule has 0 aliphatic carbocycles. The second-order valence-corrected chi connectivity index (χ2v) is 5.10. The molecule has 0 saturated heterocycles. The van der Waals surface area contributed by atoms with E-state index in [9.17, 15) is 5.11 Å². The van der Waals surface area contributed by atoms with Gasteiger partial charge in [-0.05, 0) is 23.8 Å². The molecule has 0 bridgehead atoms. The number of fused-ring (bicyclic) bond motifs is 1. The predicted molar refractivity (Wildman–Crippen MR) is 79.5 cm³/mol. The zero-order chi connectivity index (χ0) is 14.8. The summed E-state index contributed by atoms with van der Waals surface area (Å²) in [6.07, 6.45) is -0.858. The maximum atomic E-state index is 10.6. The minimum atomic E-state index is -0.858. The highest BCUT2D eigenvalue weighted by Gasteiger charge is 2.20. The second kappa shape index (κ2) is 5.84. The van der Waals surface area contributed by atoms with Crippen molar-refractivity contribution in [2.24, 2.45) is 0 Å². The lowest BCUT2D eigenvalue weighted by Crippen LogP contribution is -2.16. The van der Waals surface area contributed by atoms with Gasteiger partial charge in [-0.15, -0.1) is 0 Å². The van der Waals surface area contributed by atoms with Gasteiger partial charge in [0.05, 0.1) is 12.1 Å². The van der Waals surface area contributed by atoms with Gasteiger partial charge in [0, 0.05) is 11.6 Å². The van der Waals surface area contributed by atoms with E-state index in [2.05, 4.69) is 0 Å². The lowest BCUT2D eigenvalue weighted by atomic mass is 10.0. The summed E-state index contributed by atoms with van der Waals surface area (Å²) in [5, 5.41) is 11.0. The van der Waals surface area contributed by atoms with Crippen LogP contribution in [0.15, 0.2) is 36.4 Å². The van der Waals surface area contributed by atoms with Crippen molar-refractivity contribution in [1.82, 2.24) is 0 Å². The van der Waals surface area contributed by atoms with Crippen molar-refractivity contribution in [2.45, 2.75) is 6.10 Å². The van der Waals surface area contributed by atoms with Crippen LogP contribution in [0.2, 0.25) is 5.02 Å². The van der Waals surface area contributed by atoms with Crippen LogP contribution in [0.4, 0.5) is 0 Å². The van der Waals surface area contributed by atoms with E-state index in [4.69, 9.17) is 25.8 Å². The molecular formula is C16H15ClO4. The third kappa shape index (κ3) is 2.77. The van der Waals surface area contributed by atoms with Gasteiger partial charge in [-0.25, -0.2) is 0 Å². The molecule has 21 heavy (non-hydrogen) atoms. The summed E-state index contributed by atoms with van der Waals surface area (Å²) in [7, 11) is 1.59. The minimum absolute atomic E-state index is 0.439. The molecule has 0 aromatic heterocycles. The zero-order valence-electron chi connectivity index (χ0n) is 11.5. The number of aliphatic hydroxyl groups is 1. The molecule has 4 nitrogen and oxygen atoms in total. The lowest BCUT2D eigenvalue weighted by molar-refractivity contribution is 0.169. The number of ether oxygens (including phenoxy) is 3. The van der Waals surface area contributed by atoms with E-state index in [-0.39, 0.29) is 0 Å². The van der Waals surface area contributed by atoms with Crippen LogP contribution in [0.5, 0.6) is 17.2 Å². The first-order chi connectivity index (χ1) is 10.2. The average molecular weight is 307 g/mol. The highest BCUT2D eigenvalue weighted by Crippen LogP contribution is 2.39. The predicted octanol–water partition coefficient (Wildman–Crippen LogP) is 3.20. The third-order valence-corrected chi connectivity index (χ3v) is 3.69. The Labute approximate surface area is 127 Å². The molecule has 2 aromatic rings. The fourth-order valence-electron chi connectivity index (χ4n) is 2.28. The normalized spacial score (nSPS) is 14.6. The van der Waals surface area contributed by atoms with Crippen LogP contribution in [-0.2, 0) is 0 Å². The summed E-state index contributed by atoms with van der Waals surface area (Å²) in [5.74, 6) is 1.88. The van der Waals surface area contributed by atoms with Crippen LogP contribution >= 0.6 is 11.6 Å². The van der Waals surface area contributed by atoms with Gasteiger partial charge in [-0.3, -0.25) is 0 Å². The highest BCUT2D eigenvalue weighted by molar-refractivity contribution is 6.31.